The van der Waals surface area contributed by atoms with Gasteiger partial charge in [-0.1, -0.05) is 58.8 Å². The van der Waals surface area contributed by atoms with Gasteiger partial charge in [0, 0.05) is 22.2 Å². The second-order valence-corrected chi connectivity index (χ2v) is 14.3. The third kappa shape index (κ3) is 9.00. The number of rotatable bonds is 10. The Morgan fingerprint density at radius 2 is 1.00 bits per heavy atom. The Labute approximate surface area is 196 Å². The summed E-state index contributed by atoms with van der Waals surface area (Å²) in [4.78, 5) is 0. The largest absolute Gasteiger partial charge is 0.307 e. The van der Waals surface area contributed by atoms with E-state index in [-0.39, 0.29) is 22.2 Å². The average Bonchev–Trinajstić information content (AvgIpc) is 2.55. The highest BCUT2D eigenvalue weighted by molar-refractivity contribution is 4.99. The van der Waals surface area contributed by atoms with Crippen molar-refractivity contribution < 1.29 is 0 Å². The lowest BCUT2D eigenvalue weighted by molar-refractivity contribution is 0.0862. The number of hydrogen-bond donors (Lipinski definition) is 2. The van der Waals surface area contributed by atoms with Crippen LogP contribution in [-0.4, -0.2) is 22.2 Å². The van der Waals surface area contributed by atoms with Gasteiger partial charge in [0.2, 0.25) is 0 Å². The molecule has 0 aliphatic carbocycles. The molecule has 0 amide bonds. The number of hydrogen-bond acceptors (Lipinski definition) is 2. The monoisotopic (exact) mass is 434 g/mol. The maximum absolute atomic E-state index is 3.87. The van der Waals surface area contributed by atoms with Crippen LogP contribution in [0.15, 0.2) is 0 Å². The van der Waals surface area contributed by atoms with Crippen molar-refractivity contribution in [3.63, 3.8) is 0 Å². The zero-order chi connectivity index (χ0) is 23.5. The highest BCUT2D eigenvalue weighted by Gasteiger charge is 2.40. The topological polar surface area (TPSA) is 24.1 Å². The molecule has 2 heteroatoms. The van der Waals surface area contributed by atoms with E-state index in [9.17, 15) is 0 Å². The Balaban J connectivity index is 1.69. The molecule has 2 unspecified atom stereocenters. The molecule has 0 radical (unpaired) electrons. The first-order valence-corrected chi connectivity index (χ1v) is 13.7. The van der Waals surface area contributed by atoms with Gasteiger partial charge in [-0.2, -0.15) is 0 Å². The van der Waals surface area contributed by atoms with Crippen molar-refractivity contribution in [1.29, 1.82) is 0 Å². The standard InChI is InChI=1S/C29H58N2/c1-11-23(25-20-28(7,8)31-29(9,10)21-25)17-15-13-12-14-16-22(2)24-18-26(3,4)30-27(5,6)19-24/h22-25,30-31H,11-21H2,1-10H3. The van der Waals surface area contributed by atoms with Crippen molar-refractivity contribution in [3.8, 4) is 0 Å². The van der Waals surface area contributed by atoms with Crippen LogP contribution in [0.25, 0.3) is 0 Å². The van der Waals surface area contributed by atoms with E-state index in [2.05, 4.69) is 79.9 Å². The summed E-state index contributed by atoms with van der Waals surface area (Å²) in [5, 5.41) is 7.72. The van der Waals surface area contributed by atoms with Crippen LogP contribution in [0, 0.1) is 23.7 Å². The molecule has 31 heavy (non-hydrogen) atoms. The van der Waals surface area contributed by atoms with Gasteiger partial charge in [-0.3, -0.25) is 0 Å². The summed E-state index contributed by atoms with van der Waals surface area (Å²) in [7, 11) is 0. The molecule has 0 aromatic heterocycles. The Morgan fingerprint density at radius 1 is 0.613 bits per heavy atom. The van der Waals surface area contributed by atoms with Crippen molar-refractivity contribution in [2.45, 2.75) is 162 Å². The maximum atomic E-state index is 3.87. The minimum atomic E-state index is 0.285. The smallest absolute Gasteiger partial charge is 0.0132 e. The first-order valence-electron chi connectivity index (χ1n) is 13.7. The van der Waals surface area contributed by atoms with E-state index >= 15 is 0 Å². The first kappa shape index (κ1) is 27.2. The van der Waals surface area contributed by atoms with E-state index in [0.29, 0.717) is 0 Å². The summed E-state index contributed by atoms with van der Waals surface area (Å²) in [5.74, 6) is 3.55. The normalized spacial score (nSPS) is 27.7. The Hall–Kier alpha value is -0.0800. The van der Waals surface area contributed by atoms with Gasteiger partial charge in [-0.15, -0.1) is 0 Å². The third-order valence-corrected chi connectivity index (χ3v) is 8.42. The molecule has 0 saturated carbocycles. The van der Waals surface area contributed by atoms with Crippen LogP contribution >= 0.6 is 0 Å². The van der Waals surface area contributed by atoms with Gasteiger partial charge in [0.1, 0.15) is 0 Å². The zero-order valence-corrected chi connectivity index (χ0v) is 23.1. The lowest BCUT2D eigenvalue weighted by atomic mass is 9.69. The quantitative estimate of drug-likeness (QED) is 0.339. The predicted octanol–water partition coefficient (Wildman–Crippen LogP) is 8.10. The molecular weight excluding hydrogens is 376 g/mol. The van der Waals surface area contributed by atoms with Crippen molar-refractivity contribution >= 4 is 0 Å². The Kier molecular flexibility index (Phi) is 9.16. The van der Waals surface area contributed by atoms with Crippen LogP contribution < -0.4 is 10.6 Å². The molecule has 2 fully saturated rings. The van der Waals surface area contributed by atoms with Crippen molar-refractivity contribution in [3.05, 3.63) is 0 Å². The molecule has 2 N–H and O–H groups in total. The molecule has 0 aromatic rings. The summed E-state index contributed by atoms with van der Waals surface area (Å²) in [6.07, 6.45) is 15.3. The molecule has 0 spiro atoms. The van der Waals surface area contributed by atoms with Crippen LogP contribution in [0.4, 0.5) is 0 Å². The fourth-order valence-electron chi connectivity index (χ4n) is 7.77. The summed E-state index contributed by atoms with van der Waals surface area (Å²) in [6.45, 7) is 24.1. The van der Waals surface area contributed by atoms with Gasteiger partial charge in [0.25, 0.3) is 0 Å². The molecular formula is C29H58N2. The van der Waals surface area contributed by atoms with Crippen LogP contribution in [0.3, 0.4) is 0 Å². The number of piperidine rings is 2. The van der Waals surface area contributed by atoms with Crippen LogP contribution in [0.2, 0.25) is 0 Å². The van der Waals surface area contributed by atoms with E-state index in [1.54, 1.807) is 0 Å². The van der Waals surface area contributed by atoms with E-state index in [1.807, 2.05) is 0 Å². The summed E-state index contributed by atoms with van der Waals surface area (Å²) < 4.78 is 0. The molecule has 2 aliphatic rings. The zero-order valence-electron chi connectivity index (χ0n) is 23.1. The van der Waals surface area contributed by atoms with Gasteiger partial charge in [0.05, 0.1) is 0 Å². The maximum Gasteiger partial charge on any atom is 0.0132 e. The van der Waals surface area contributed by atoms with E-state index < -0.39 is 0 Å². The summed E-state index contributed by atoms with van der Waals surface area (Å²) >= 11 is 0. The lowest BCUT2D eigenvalue weighted by Crippen LogP contribution is -2.58. The highest BCUT2D eigenvalue weighted by atomic mass is 15.1. The van der Waals surface area contributed by atoms with Crippen molar-refractivity contribution in [2.24, 2.45) is 23.7 Å². The second kappa shape index (κ2) is 10.5. The number of unbranched alkanes of at least 4 members (excludes halogenated alkanes) is 3. The molecule has 0 bridgehead atoms. The van der Waals surface area contributed by atoms with E-state index in [0.717, 1.165) is 23.7 Å². The van der Waals surface area contributed by atoms with E-state index in [4.69, 9.17) is 0 Å². The van der Waals surface area contributed by atoms with Gasteiger partial charge in [-0.25, -0.2) is 0 Å². The molecule has 2 saturated heterocycles. The minimum Gasteiger partial charge on any atom is -0.307 e. The molecule has 2 rings (SSSR count). The fraction of sp³-hybridized carbons (Fsp3) is 1.00. The van der Waals surface area contributed by atoms with Gasteiger partial charge < -0.3 is 10.6 Å². The number of nitrogens with one attached hydrogen (secondary N) is 2. The molecule has 0 aromatic carbocycles. The Morgan fingerprint density at radius 3 is 1.42 bits per heavy atom. The van der Waals surface area contributed by atoms with Gasteiger partial charge >= 0.3 is 0 Å². The van der Waals surface area contributed by atoms with Gasteiger partial charge in [0.15, 0.2) is 0 Å². The van der Waals surface area contributed by atoms with Gasteiger partial charge in [-0.05, 0) is 105 Å². The molecule has 184 valence electrons. The second-order valence-electron chi connectivity index (χ2n) is 14.3. The fourth-order valence-corrected chi connectivity index (χ4v) is 7.77. The third-order valence-electron chi connectivity index (χ3n) is 8.42. The first-order chi connectivity index (χ1) is 14.1. The molecule has 2 aliphatic heterocycles. The van der Waals surface area contributed by atoms with Crippen LogP contribution in [0.5, 0.6) is 0 Å². The summed E-state index contributed by atoms with van der Waals surface area (Å²) in [6, 6.07) is 0. The van der Waals surface area contributed by atoms with Crippen molar-refractivity contribution in [2.75, 3.05) is 0 Å². The predicted molar refractivity (Wildman–Crippen MR) is 139 cm³/mol. The van der Waals surface area contributed by atoms with Crippen LogP contribution in [0.1, 0.15) is 140 Å². The van der Waals surface area contributed by atoms with Crippen molar-refractivity contribution in [1.82, 2.24) is 10.6 Å². The molecule has 2 atom stereocenters. The summed E-state index contributed by atoms with van der Waals surface area (Å²) in [5.41, 5.74) is 1.14. The molecule has 2 nitrogen and oxygen atoms in total. The van der Waals surface area contributed by atoms with E-state index in [1.165, 1.54) is 70.6 Å². The SMILES string of the molecule is CCC(CCCCCCC(C)C1CC(C)(C)NC(C)(C)C1)C1CC(C)(C)NC(C)(C)C1. The minimum absolute atomic E-state index is 0.285. The average molecular weight is 435 g/mol. The molecule has 2 heterocycles. The Bertz CT molecular complexity index is 513. The lowest BCUT2D eigenvalue weighted by Gasteiger charge is -2.48. The van der Waals surface area contributed by atoms with Crippen LogP contribution in [-0.2, 0) is 0 Å². The highest BCUT2D eigenvalue weighted by Crippen LogP contribution is 2.40.